The van der Waals surface area contributed by atoms with Crippen LogP contribution in [0.2, 0.25) is 0 Å². The van der Waals surface area contributed by atoms with E-state index in [2.05, 4.69) is 24.1 Å². The van der Waals surface area contributed by atoms with Crippen molar-refractivity contribution < 1.29 is 4.79 Å². The van der Waals surface area contributed by atoms with Crippen molar-refractivity contribution in [1.82, 2.24) is 15.1 Å². The van der Waals surface area contributed by atoms with E-state index in [1.807, 2.05) is 4.90 Å². The van der Waals surface area contributed by atoms with Gasteiger partial charge in [-0.3, -0.25) is 4.90 Å². The molecule has 0 bridgehead atoms. The second-order valence-corrected chi connectivity index (χ2v) is 4.70. The molecule has 3 N–H and O–H groups in total. The third-order valence-corrected chi connectivity index (χ3v) is 2.77. The van der Waals surface area contributed by atoms with Crippen LogP contribution in [0.5, 0.6) is 0 Å². The van der Waals surface area contributed by atoms with Gasteiger partial charge in [-0.1, -0.05) is 13.8 Å². The smallest absolute Gasteiger partial charge is 0.317 e. The Bertz CT molecular complexity index is 212. The van der Waals surface area contributed by atoms with Crippen LogP contribution in [-0.4, -0.2) is 61.6 Å². The first-order valence-corrected chi connectivity index (χ1v) is 6.08. The second kappa shape index (κ2) is 6.70. The normalized spacial score (nSPS) is 17.9. The second-order valence-electron chi connectivity index (χ2n) is 4.70. The van der Waals surface area contributed by atoms with E-state index >= 15 is 0 Å². The summed E-state index contributed by atoms with van der Waals surface area (Å²) in [4.78, 5) is 15.9. The highest BCUT2D eigenvalue weighted by atomic mass is 16.2. The van der Waals surface area contributed by atoms with E-state index in [-0.39, 0.29) is 6.03 Å². The van der Waals surface area contributed by atoms with Crippen molar-refractivity contribution in [1.29, 1.82) is 0 Å². The first-order chi connectivity index (χ1) is 7.63. The third-order valence-electron chi connectivity index (χ3n) is 2.77. The highest BCUT2D eigenvalue weighted by Gasteiger charge is 2.20. The van der Waals surface area contributed by atoms with Crippen LogP contribution in [-0.2, 0) is 0 Å². The summed E-state index contributed by atoms with van der Waals surface area (Å²) in [6, 6.07) is 0.0705. The van der Waals surface area contributed by atoms with Gasteiger partial charge in [0.05, 0.1) is 0 Å². The van der Waals surface area contributed by atoms with Crippen molar-refractivity contribution in [2.24, 2.45) is 11.7 Å². The molecule has 0 aromatic carbocycles. The summed E-state index contributed by atoms with van der Waals surface area (Å²) in [5.41, 5.74) is 5.50. The zero-order valence-corrected chi connectivity index (χ0v) is 10.4. The Morgan fingerprint density at radius 1 is 1.31 bits per heavy atom. The molecule has 1 saturated heterocycles. The lowest BCUT2D eigenvalue weighted by Gasteiger charge is -2.34. The van der Waals surface area contributed by atoms with Crippen molar-refractivity contribution in [2.45, 2.75) is 13.8 Å². The van der Waals surface area contributed by atoms with E-state index in [0.29, 0.717) is 12.5 Å². The van der Waals surface area contributed by atoms with E-state index < -0.39 is 0 Å². The van der Waals surface area contributed by atoms with Crippen molar-refractivity contribution in [3.63, 3.8) is 0 Å². The van der Waals surface area contributed by atoms with E-state index in [9.17, 15) is 4.79 Å². The molecule has 0 radical (unpaired) electrons. The molecule has 1 fully saturated rings. The molecule has 0 aromatic rings. The molecule has 0 aromatic heterocycles. The number of carbonyl (C=O) groups excluding carboxylic acids is 1. The number of nitrogens with zero attached hydrogens (tertiary/aromatic N) is 2. The van der Waals surface area contributed by atoms with Gasteiger partial charge in [-0.15, -0.1) is 0 Å². The highest BCUT2D eigenvalue weighted by molar-refractivity contribution is 5.74. The summed E-state index contributed by atoms with van der Waals surface area (Å²) in [6.45, 7) is 10.1. The SMILES string of the molecule is CC(C)CNC(=O)N1CCN(CCN)CC1. The molecule has 94 valence electrons. The number of nitrogens with two attached hydrogens (primary N) is 1. The predicted molar refractivity (Wildman–Crippen MR) is 65.3 cm³/mol. The molecule has 5 heteroatoms. The number of carbonyl (C=O) groups is 1. The van der Waals surface area contributed by atoms with Crippen LogP contribution in [0.15, 0.2) is 0 Å². The Labute approximate surface area is 98.0 Å². The molecule has 1 aliphatic rings. The number of urea groups is 1. The van der Waals surface area contributed by atoms with Crippen LogP contribution in [0.3, 0.4) is 0 Å². The molecule has 1 heterocycles. The van der Waals surface area contributed by atoms with Gasteiger partial charge in [0.2, 0.25) is 0 Å². The Balaban J connectivity index is 2.22. The Kier molecular flexibility index (Phi) is 5.55. The summed E-state index contributed by atoms with van der Waals surface area (Å²) in [7, 11) is 0. The summed E-state index contributed by atoms with van der Waals surface area (Å²) < 4.78 is 0. The minimum absolute atomic E-state index is 0.0705. The first-order valence-electron chi connectivity index (χ1n) is 6.08. The zero-order valence-electron chi connectivity index (χ0n) is 10.4. The number of piperazine rings is 1. The zero-order chi connectivity index (χ0) is 12.0. The summed E-state index contributed by atoms with van der Waals surface area (Å²) in [6.07, 6.45) is 0. The molecule has 0 spiro atoms. The van der Waals surface area contributed by atoms with E-state index in [1.54, 1.807) is 0 Å². The molecule has 5 nitrogen and oxygen atoms in total. The topological polar surface area (TPSA) is 61.6 Å². The molecule has 16 heavy (non-hydrogen) atoms. The first kappa shape index (κ1) is 13.3. The fraction of sp³-hybridized carbons (Fsp3) is 0.909. The van der Waals surface area contributed by atoms with Gasteiger partial charge in [0, 0.05) is 45.8 Å². The van der Waals surface area contributed by atoms with Crippen molar-refractivity contribution in [3.8, 4) is 0 Å². The van der Waals surface area contributed by atoms with Crippen LogP contribution in [0, 0.1) is 5.92 Å². The lowest BCUT2D eigenvalue weighted by atomic mass is 10.2. The van der Waals surface area contributed by atoms with Gasteiger partial charge < -0.3 is 16.0 Å². The molecule has 2 amide bonds. The molecule has 1 rings (SSSR count). The fourth-order valence-corrected chi connectivity index (χ4v) is 1.76. The Morgan fingerprint density at radius 3 is 2.44 bits per heavy atom. The minimum Gasteiger partial charge on any atom is -0.338 e. The quantitative estimate of drug-likeness (QED) is 0.708. The number of hydrogen-bond acceptors (Lipinski definition) is 3. The molecule has 0 aliphatic carbocycles. The van der Waals surface area contributed by atoms with Gasteiger partial charge in [-0.05, 0) is 5.92 Å². The van der Waals surface area contributed by atoms with Crippen molar-refractivity contribution in [2.75, 3.05) is 45.8 Å². The largest absolute Gasteiger partial charge is 0.338 e. The Hall–Kier alpha value is -0.810. The predicted octanol–water partition coefficient (Wildman–Crippen LogP) is -0.0717. The fourth-order valence-electron chi connectivity index (χ4n) is 1.76. The van der Waals surface area contributed by atoms with Crippen LogP contribution in [0.1, 0.15) is 13.8 Å². The van der Waals surface area contributed by atoms with E-state index in [4.69, 9.17) is 5.73 Å². The van der Waals surface area contributed by atoms with Crippen LogP contribution >= 0.6 is 0 Å². The van der Waals surface area contributed by atoms with Gasteiger partial charge in [-0.2, -0.15) is 0 Å². The molecule has 0 saturated carbocycles. The number of nitrogens with one attached hydrogen (secondary N) is 1. The lowest BCUT2D eigenvalue weighted by molar-refractivity contribution is 0.141. The molecule has 0 unspecified atom stereocenters. The molecule has 0 atom stereocenters. The number of hydrogen-bond donors (Lipinski definition) is 2. The summed E-state index contributed by atoms with van der Waals surface area (Å²) >= 11 is 0. The average molecular weight is 228 g/mol. The minimum atomic E-state index is 0.0705. The third kappa shape index (κ3) is 4.37. The van der Waals surface area contributed by atoms with Crippen LogP contribution in [0.25, 0.3) is 0 Å². The summed E-state index contributed by atoms with van der Waals surface area (Å²) in [5.74, 6) is 0.502. The maximum absolute atomic E-state index is 11.7. The maximum atomic E-state index is 11.7. The van der Waals surface area contributed by atoms with Crippen LogP contribution in [0.4, 0.5) is 4.79 Å². The van der Waals surface area contributed by atoms with Gasteiger partial charge in [0.25, 0.3) is 0 Å². The molecule has 1 aliphatic heterocycles. The standard InChI is InChI=1S/C11H24N4O/c1-10(2)9-13-11(16)15-7-5-14(4-3-12)6-8-15/h10H,3-9,12H2,1-2H3,(H,13,16). The lowest BCUT2D eigenvalue weighted by Crippen LogP contribution is -2.52. The van der Waals surface area contributed by atoms with E-state index in [0.717, 1.165) is 39.3 Å². The number of amides is 2. The maximum Gasteiger partial charge on any atom is 0.317 e. The molecular formula is C11H24N4O. The monoisotopic (exact) mass is 228 g/mol. The molecular weight excluding hydrogens is 204 g/mol. The average Bonchev–Trinajstić information content (AvgIpc) is 2.27. The van der Waals surface area contributed by atoms with Gasteiger partial charge in [0.15, 0.2) is 0 Å². The van der Waals surface area contributed by atoms with Crippen LogP contribution < -0.4 is 11.1 Å². The van der Waals surface area contributed by atoms with E-state index in [1.165, 1.54) is 0 Å². The number of rotatable bonds is 4. The van der Waals surface area contributed by atoms with Crippen molar-refractivity contribution in [3.05, 3.63) is 0 Å². The highest BCUT2D eigenvalue weighted by Crippen LogP contribution is 2.01. The van der Waals surface area contributed by atoms with Gasteiger partial charge >= 0.3 is 6.03 Å². The Morgan fingerprint density at radius 2 is 1.94 bits per heavy atom. The van der Waals surface area contributed by atoms with Crippen molar-refractivity contribution >= 4 is 6.03 Å². The van der Waals surface area contributed by atoms with Gasteiger partial charge in [-0.25, -0.2) is 4.79 Å². The summed E-state index contributed by atoms with van der Waals surface area (Å²) in [5, 5.41) is 2.94. The van der Waals surface area contributed by atoms with Gasteiger partial charge in [0.1, 0.15) is 0 Å².